The summed E-state index contributed by atoms with van der Waals surface area (Å²) < 4.78 is 29.2. The number of aromatic nitrogens is 2. The summed E-state index contributed by atoms with van der Waals surface area (Å²) in [5.41, 5.74) is 1.98. The summed E-state index contributed by atoms with van der Waals surface area (Å²) in [5, 5.41) is 0. The molecule has 0 radical (unpaired) electrons. The predicted octanol–water partition coefficient (Wildman–Crippen LogP) is 4.61. The lowest BCUT2D eigenvalue weighted by atomic mass is 10.1. The monoisotopic (exact) mass is 304 g/mol. The lowest BCUT2D eigenvalue weighted by Crippen LogP contribution is -2.00. The number of hydrogen-bond acceptors (Lipinski definition) is 1. The molecule has 0 spiro atoms. The molecule has 0 unspecified atom stereocenters. The van der Waals surface area contributed by atoms with Gasteiger partial charge in [-0.05, 0) is 36.7 Å². The molecular formula is C16H14F2N2S. The molecule has 1 N–H and O–H groups in total. The third-order valence-corrected chi connectivity index (χ3v) is 3.81. The molecule has 3 rings (SSSR count). The van der Waals surface area contributed by atoms with Crippen LogP contribution in [0.15, 0.2) is 42.5 Å². The number of hydrogen-bond donors (Lipinski definition) is 1. The first-order valence-corrected chi connectivity index (χ1v) is 7.17. The fraction of sp³-hybridized carbons (Fsp3) is 0.188. The number of aryl methyl sites for hydroxylation is 2. The van der Waals surface area contributed by atoms with Crippen LogP contribution in [0.3, 0.4) is 0 Å². The first-order chi connectivity index (χ1) is 10.1. The molecule has 108 valence electrons. The first-order valence-electron chi connectivity index (χ1n) is 6.76. The van der Waals surface area contributed by atoms with Crippen LogP contribution in [0.25, 0.3) is 11.0 Å². The van der Waals surface area contributed by atoms with Crippen molar-refractivity contribution in [3.8, 4) is 0 Å². The van der Waals surface area contributed by atoms with Crippen molar-refractivity contribution in [2.24, 2.45) is 0 Å². The second kappa shape index (κ2) is 5.77. The highest BCUT2D eigenvalue weighted by molar-refractivity contribution is 7.71. The van der Waals surface area contributed by atoms with E-state index in [9.17, 15) is 8.78 Å². The van der Waals surface area contributed by atoms with Gasteiger partial charge < -0.3 is 9.55 Å². The molecule has 0 fully saturated rings. The lowest BCUT2D eigenvalue weighted by Gasteiger charge is -2.05. The third-order valence-electron chi connectivity index (χ3n) is 3.49. The van der Waals surface area contributed by atoms with Crippen LogP contribution in [0.5, 0.6) is 0 Å². The van der Waals surface area contributed by atoms with Gasteiger partial charge in [0, 0.05) is 12.6 Å². The molecule has 0 aliphatic rings. The van der Waals surface area contributed by atoms with E-state index in [-0.39, 0.29) is 5.52 Å². The first kappa shape index (κ1) is 13.9. The van der Waals surface area contributed by atoms with Gasteiger partial charge in [0.1, 0.15) is 11.3 Å². The van der Waals surface area contributed by atoms with Gasteiger partial charge in [-0.15, -0.1) is 0 Å². The highest BCUT2D eigenvalue weighted by atomic mass is 32.1. The number of nitrogens with zero attached hydrogens (tertiary/aromatic N) is 1. The normalized spacial score (nSPS) is 11.1. The lowest BCUT2D eigenvalue weighted by molar-refractivity contribution is 0.589. The smallest absolute Gasteiger partial charge is 0.178 e. The zero-order valence-corrected chi connectivity index (χ0v) is 12.1. The summed E-state index contributed by atoms with van der Waals surface area (Å²) in [6.45, 7) is 0.622. The van der Waals surface area contributed by atoms with Crippen LogP contribution < -0.4 is 0 Å². The molecule has 0 atom stereocenters. The second-order valence-electron chi connectivity index (χ2n) is 4.95. The average molecular weight is 304 g/mol. The Labute approximate surface area is 126 Å². The van der Waals surface area contributed by atoms with Gasteiger partial charge in [0.05, 0.1) is 5.52 Å². The second-order valence-corrected chi connectivity index (χ2v) is 5.34. The van der Waals surface area contributed by atoms with Gasteiger partial charge in [0.2, 0.25) is 0 Å². The minimum Gasteiger partial charge on any atom is -0.328 e. The molecule has 21 heavy (non-hydrogen) atoms. The molecule has 2 aromatic carbocycles. The molecule has 3 aromatic rings. The van der Waals surface area contributed by atoms with E-state index in [0.717, 1.165) is 18.9 Å². The maximum absolute atomic E-state index is 13.7. The van der Waals surface area contributed by atoms with Crippen molar-refractivity contribution in [3.63, 3.8) is 0 Å². The van der Waals surface area contributed by atoms with Crippen LogP contribution in [-0.4, -0.2) is 9.55 Å². The van der Waals surface area contributed by atoms with Crippen molar-refractivity contribution < 1.29 is 8.78 Å². The van der Waals surface area contributed by atoms with Crippen molar-refractivity contribution >= 4 is 23.3 Å². The predicted molar refractivity (Wildman–Crippen MR) is 81.8 cm³/mol. The molecule has 1 aromatic heterocycles. The molecule has 0 aliphatic heterocycles. The average Bonchev–Trinajstić information content (AvgIpc) is 2.77. The van der Waals surface area contributed by atoms with E-state index in [2.05, 4.69) is 17.1 Å². The number of rotatable bonds is 4. The van der Waals surface area contributed by atoms with Gasteiger partial charge in [0.15, 0.2) is 10.6 Å². The van der Waals surface area contributed by atoms with E-state index in [1.54, 1.807) is 4.57 Å². The van der Waals surface area contributed by atoms with Gasteiger partial charge in [0.25, 0.3) is 0 Å². The zero-order chi connectivity index (χ0) is 14.8. The number of aromatic amines is 1. The maximum Gasteiger partial charge on any atom is 0.178 e. The van der Waals surface area contributed by atoms with E-state index in [4.69, 9.17) is 12.2 Å². The fourth-order valence-corrected chi connectivity index (χ4v) is 2.78. The van der Waals surface area contributed by atoms with Crippen molar-refractivity contribution in [2.75, 3.05) is 0 Å². The quantitative estimate of drug-likeness (QED) is 0.698. The van der Waals surface area contributed by atoms with Crippen molar-refractivity contribution in [2.45, 2.75) is 19.4 Å². The number of fused-ring (bicyclic) bond motifs is 1. The number of nitrogens with one attached hydrogen (secondary N) is 1. The molecule has 0 bridgehead atoms. The summed E-state index contributed by atoms with van der Waals surface area (Å²) in [6, 6.07) is 12.3. The van der Waals surface area contributed by atoms with Crippen molar-refractivity contribution in [1.82, 2.24) is 9.55 Å². The zero-order valence-electron chi connectivity index (χ0n) is 11.3. The molecule has 1 heterocycles. The molecule has 0 amide bonds. The van der Waals surface area contributed by atoms with Crippen LogP contribution in [0, 0.1) is 16.4 Å². The number of halogens is 2. The Hall–Kier alpha value is -2.01. The number of imidazole rings is 1. The summed E-state index contributed by atoms with van der Waals surface area (Å²) in [5.74, 6) is -1.20. The largest absolute Gasteiger partial charge is 0.328 e. The Bertz CT molecular complexity index is 821. The fourth-order valence-electron chi connectivity index (χ4n) is 2.49. The van der Waals surface area contributed by atoms with E-state index >= 15 is 0 Å². The summed E-state index contributed by atoms with van der Waals surface area (Å²) in [7, 11) is 0. The Morgan fingerprint density at radius 3 is 2.62 bits per heavy atom. The number of H-pyrrole nitrogens is 1. The molecule has 0 aliphatic carbocycles. The molecule has 0 saturated heterocycles. The van der Waals surface area contributed by atoms with Crippen LogP contribution in [-0.2, 0) is 13.0 Å². The van der Waals surface area contributed by atoms with Crippen molar-refractivity contribution in [1.29, 1.82) is 0 Å². The molecule has 2 nitrogen and oxygen atoms in total. The number of benzene rings is 2. The SMILES string of the molecule is Fc1cc(F)c2[nH]c(=S)n(CCCc3ccccc3)c2c1. The van der Waals surface area contributed by atoms with E-state index in [1.165, 1.54) is 11.6 Å². The van der Waals surface area contributed by atoms with Gasteiger partial charge in [-0.3, -0.25) is 0 Å². The standard InChI is InChI=1S/C16H14F2N2S/c17-12-9-13(18)15-14(10-12)20(16(21)19-15)8-4-7-11-5-2-1-3-6-11/h1-3,5-6,9-10H,4,7-8H2,(H,19,21). The van der Waals surface area contributed by atoms with Gasteiger partial charge >= 0.3 is 0 Å². The van der Waals surface area contributed by atoms with Crippen molar-refractivity contribution in [3.05, 3.63) is 64.4 Å². The summed E-state index contributed by atoms with van der Waals surface area (Å²) in [6.07, 6.45) is 1.75. The van der Waals surface area contributed by atoms with Crippen LogP contribution >= 0.6 is 12.2 Å². The van der Waals surface area contributed by atoms with Gasteiger partial charge in [-0.25, -0.2) is 8.78 Å². The molecule has 5 heteroatoms. The van der Waals surface area contributed by atoms with E-state index < -0.39 is 11.6 Å². The van der Waals surface area contributed by atoms with Crippen LogP contribution in [0.1, 0.15) is 12.0 Å². The summed E-state index contributed by atoms with van der Waals surface area (Å²) in [4.78, 5) is 2.81. The summed E-state index contributed by atoms with van der Waals surface area (Å²) >= 11 is 5.20. The van der Waals surface area contributed by atoms with Gasteiger partial charge in [-0.2, -0.15) is 0 Å². The Balaban J connectivity index is 1.84. The Morgan fingerprint density at radius 1 is 1.10 bits per heavy atom. The van der Waals surface area contributed by atoms with E-state index in [1.807, 2.05) is 18.2 Å². The maximum atomic E-state index is 13.7. The topological polar surface area (TPSA) is 20.7 Å². The molecular weight excluding hydrogens is 290 g/mol. The third kappa shape index (κ3) is 2.88. The highest BCUT2D eigenvalue weighted by Crippen LogP contribution is 2.20. The molecule has 0 saturated carbocycles. The van der Waals surface area contributed by atoms with Crippen LogP contribution in [0.2, 0.25) is 0 Å². The Morgan fingerprint density at radius 2 is 1.86 bits per heavy atom. The van der Waals surface area contributed by atoms with Crippen LogP contribution in [0.4, 0.5) is 8.78 Å². The minimum atomic E-state index is -0.613. The Kier molecular flexibility index (Phi) is 3.84. The van der Waals surface area contributed by atoms with Gasteiger partial charge in [-0.1, -0.05) is 30.3 Å². The minimum absolute atomic E-state index is 0.265. The highest BCUT2D eigenvalue weighted by Gasteiger charge is 2.10. The van der Waals surface area contributed by atoms with E-state index in [0.29, 0.717) is 16.8 Å².